The summed E-state index contributed by atoms with van der Waals surface area (Å²) < 4.78 is 16.5. The molecule has 0 N–H and O–H groups in total. The van der Waals surface area contributed by atoms with E-state index in [1.165, 1.54) is 6.39 Å². The van der Waals surface area contributed by atoms with Crippen LogP contribution in [-0.4, -0.2) is 22.8 Å². The fourth-order valence-electron chi connectivity index (χ4n) is 1.82. The van der Waals surface area contributed by atoms with Crippen LogP contribution in [0.15, 0.2) is 63.8 Å². The smallest absolute Gasteiger partial charge is 0.349 e. The summed E-state index contributed by atoms with van der Waals surface area (Å²) in [4.78, 5) is 11.8. The highest BCUT2D eigenvalue weighted by atomic mass is 79.9. The molecule has 0 bridgehead atoms. The summed E-state index contributed by atoms with van der Waals surface area (Å²) in [5, 5.41) is 7.41. The van der Waals surface area contributed by atoms with Crippen LogP contribution < -0.4 is 9.47 Å². The molecule has 116 valence electrons. The van der Waals surface area contributed by atoms with Gasteiger partial charge in [0.2, 0.25) is 12.3 Å². The van der Waals surface area contributed by atoms with Crippen LogP contribution in [0.25, 0.3) is 11.5 Å². The highest BCUT2D eigenvalue weighted by Crippen LogP contribution is 2.21. The van der Waals surface area contributed by atoms with Crippen molar-refractivity contribution in [1.29, 1.82) is 0 Å². The summed E-state index contributed by atoms with van der Waals surface area (Å²) in [6, 6.07) is 14.0. The minimum Gasteiger partial charge on any atom is -0.482 e. The molecule has 1 aromatic heterocycles. The molecule has 0 fully saturated rings. The van der Waals surface area contributed by atoms with Gasteiger partial charge in [-0.3, -0.25) is 0 Å². The Kier molecular flexibility index (Phi) is 4.68. The van der Waals surface area contributed by atoms with Gasteiger partial charge < -0.3 is 13.9 Å². The summed E-state index contributed by atoms with van der Waals surface area (Å²) in [5.74, 6) is 0.913. The fraction of sp³-hybridized carbons (Fsp3) is 0.0625. The summed E-state index contributed by atoms with van der Waals surface area (Å²) in [6.07, 6.45) is 1.25. The minimum absolute atomic E-state index is 0.179. The van der Waals surface area contributed by atoms with Crippen molar-refractivity contribution in [2.45, 2.75) is 0 Å². The third-order valence-corrected chi connectivity index (χ3v) is 3.34. The van der Waals surface area contributed by atoms with Crippen LogP contribution in [0.2, 0.25) is 0 Å². The van der Waals surface area contributed by atoms with Gasteiger partial charge in [-0.05, 0) is 42.5 Å². The van der Waals surface area contributed by atoms with Gasteiger partial charge in [0.25, 0.3) is 0 Å². The van der Waals surface area contributed by atoms with Crippen LogP contribution in [0.5, 0.6) is 11.5 Å². The molecule has 6 nitrogen and oxygen atoms in total. The number of halogens is 1. The lowest BCUT2D eigenvalue weighted by atomic mass is 10.2. The maximum Gasteiger partial charge on any atom is 0.349 e. The highest BCUT2D eigenvalue weighted by molar-refractivity contribution is 9.10. The van der Waals surface area contributed by atoms with E-state index in [-0.39, 0.29) is 6.61 Å². The van der Waals surface area contributed by atoms with Crippen molar-refractivity contribution in [3.8, 4) is 23.0 Å². The van der Waals surface area contributed by atoms with Crippen molar-refractivity contribution in [1.82, 2.24) is 10.2 Å². The molecule has 3 rings (SSSR count). The Hall–Kier alpha value is -2.67. The zero-order chi connectivity index (χ0) is 16.1. The van der Waals surface area contributed by atoms with Crippen LogP contribution in [0.1, 0.15) is 0 Å². The minimum atomic E-state index is -0.490. The molecule has 0 aliphatic heterocycles. The molecule has 0 amide bonds. The number of esters is 1. The van der Waals surface area contributed by atoms with E-state index >= 15 is 0 Å². The first-order valence-electron chi connectivity index (χ1n) is 6.66. The third kappa shape index (κ3) is 4.17. The third-order valence-electron chi connectivity index (χ3n) is 2.85. The van der Waals surface area contributed by atoms with E-state index < -0.39 is 5.97 Å². The monoisotopic (exact) mass is 374 g/mol. The van der Waals surface area contributed by atoms with E-state index in [4.69, 9.17) is 13.9 Å². The van der Waals surface area contributed by atoms with Crippen molar-refractivity contribution in [2.75, 3.05) is 6.61 Å². The van der Waals surface area contributed by atoms with E-state index in [2.05, 4.69) is 26.1 Å². The number of hydrogen-bond donors (Lipinski definition) is 0. The van der Waals surface area contributed by atoms with Gasteiger partial charge in [0, 0.05) is 10.0 Å². The fourth-order valence-corrected chi connectivity index (χ4v) is 2.20. The van der Waals surface area contributed by atoms with Gasteiger partial charge in [-0.25, -0.2) is 4.79 Å². The SMILES string of the molecule is O=C(COc1cccc(Br)c1)Oc1ccc(-c2nnco2)cc1. The standard InChI is InChI=1S/C16H11BrN2O4/c17-12-2-1-3-14(8-12)21-9-15(20)23-13-6-4-11(5-7-13)16-19-18-10-22-16/h1-8,10H,9H2. The van der Waals surface area contributed by atoms with Gasteiger partial charge in [0.1, 0.15) is 11.5 Å². The lowest BCUT2D eigenvalue weighted by Gasteiger charge is -2.07. The zero-order valence-electron chi connectivity index (χ0n) is 11.8. The number of ether oxygens (including phenoxy) is 2. The quantitative estimate of drug-likeness (QED) is 0.502. The van der Waals surface area contributed by atoms with Crippen molar-refractivity contribution >= 4 is 21.9 Å². The Morgan fingerprint density at radius 3 is 2.65 bits per heavy atom. The average Bonchev–Trinajstić information content (AvgIpc) is 3.08. The summed E-state index contributed by atoms with van der Waals surface area (Å²) in [5.41, 5.74) is 0.743. The topological polar surface area (TPSA) is 74.5 Å². The van der Waals surface area contributed by atoms with Gasteiger partial charge in [-0.2, -0.15) is 0 Å². The number of hydrogen-bond acceptors (Lipinski definition) is 6. The first-order chi connectivity index (χ1) is 11.2. The van der Waals surface area contributed by atoms with E-state index in [0.29, 0.717) is 17.4 Å². The maximum absolute atomic E-state index is 11.8. The molecule has 1 heterocycles. The zero-order valence-corrected chi connectivity index (χ0v) is 13.4. The van der Waals surface area contributed by atoms with Crippen molar-refractivity contribution in [2.24, 2.45) is 0 Å². The molecular weight excluding hydrogens is 364 g/mol. The Labute approximate surface area is 140 Å². The molecule has 0 radical (unpaired) electrons. The Morgan fingerprint density at radius 2 is 1.96 bits per heavy atom. The highest BCUT2D eigenvalue weighted by Gasteiger charge is 2.08. The molecule has 23 heavy (non-hydrogen) atoms. The molecule has 2 aromatic carbocycles. The normalized spacial score (nSPS) is 10.3. The van der Waals surface area contributed by atoms with Crippen LogP contribution in [0.3, 0.4) is 0 Å². The van der Waals surface area contributed by atoms with Crippen LogP contribution >= 0.6 is 15.9 Å². The lowest BCUT2D eigenvalue weighted by Crippen LogP contribution is -2.17. The second-order valence-electron chi connectivity index (χ2n) is 4.49. The molecule has 3 aromatic rings. The molecular formula is C16H11BrN2O4. The molecule has 0 aliphatic carbocycles. The molecule has 0 atom stereocenters. The number of benzene rings is 2. The van der Waals surface area contributed by atoms with Gasteiger partial charge in [-0.1, -0.05) is 22.0 Å². The van der Waals surface area contributed by atoms with Gasteiger partial charge in [0.15, 0.2) is 6.61 Å². The Bertz CT molecular complexity index is 788. The van der Waals surface area contributed by atoms with Crippen molar-refractivity contribution in [3.05, 3.63) is 59.4 Å². The number of nitrogens with zero attached hydrogens (tertiary/aromatic N) is 2. The number of rotatable bonds is 5. The predicted octanol–water partition coefficient (Wildman–Crippen LogP) is 3.48. The molecule has 0 aliphatic rings. The van der Waals surface area contributed by atoms with Crippen LogP contribution in [-0.2, 0) is 4.79 Å². The van der Waals surface area contributed by atoms with E-state index in [1.807, 2.05) is 12.1 Å². The van der Waals surface area contributed by atoms with Gasteiger partial charge in [0.05, 0.1) is 0 Å². The summed E-state index contributed by atoms with van der Waals surface area (Å²) >= 11 is 3.33. The maximum atomic E-state index is 11.8. The molecule has 0 unspecified atom stereocenters. The summed E-state index contributed by atoms with van der Waals surface area (Å²) in [7, 11) is 0. The van der Waals surface area contributed by atoms with E-state index in [1.54, 1.807) is 36.4 Å². The molecule has 7 heteroatoms. The number of carbonyl (C=O) groups is 1. The Morgan fingerprint density at radius 1 is 1.13 bits per heavy atom. The van der Waals surface area contributed by atoms with Gasteiger partial charge >= 0.3 is 5.97 Å². The first-order valence-corrected chi connectivity index (χ1v) is 7.46. The molecule has 0 spiro atoms. The van der Waals surface area contributed by atoms with Crippen LogP contribution in [0.4, 0.5) is 0 Å². The second kappa shape index (κ2) is 7.06. The molecule has 0 saturated carbocycles. The van der Waals surface area contributed by atoms with Crippen LogP contribution in [0, 0.1) is 0 Å². The number of aromatic nitrogens is 2. The Balaban J connectivity index is 1.55. The first kappa shape index (κ1) is 15.2. The largest absolute Gasteiger partial charge is 0.482 e. The summed E-state index contributed by atoms with van der Waals surface area (Å²) in [6.45, 7) is -0.179. The number of carbonyl (C=O) groups excluding carboxylic acids is 1. The lowest BCUT2D eigenvalue weighted by molar-refractivity contribution is -0.136. The average molecular weight is 375 g/mol. The second-order valence-corrected chi connectivity index (χ2v) is 5.40. The van der Waals surface area contributed by atoms with Gasteiger partial charge in [-0.15, -0.1) is 10.2 Å². The van der Waals surface area contributed by atoms with E-state index in [0.717, 1.165) is 10.0 Å². The molecule has 0 saturated heterocycles. The van der Waals surface area contributed by atoms with Crippen molar-refractivity contribution < 1.29 is 18.7 Å². The van der Waals surface area contributed by atoms with Crippen molar-refractivity contribution in [3.63, 3.8) is 0 Å². The van der Waals surface area contributed by atoms with E-state index in [9.17, 15) is 4.79 Å². The predicted molar refractivity (Wildman–Crippen MR) is 85.0 cm³/mol.